The van der Waals surface area contributed by atoms with Gasteiger partial charge in [-0.2, -0.15) is 0 Å². The lowest BCUT2D eigenvalue weighted by Gasteiger charge is -2.09. The molecule has 1 saturated carbocycles. The van der Waals surface area contributed by atoms with Gasteiger partial charge < -0.3 is 10.4 Å². The summed E-state index contributed by atoms with van der Waals surface area (Å²) in [5.41, 5.74) is 4.36. The van der Waals surface area contributed by atoms with Gasteiger partial charge in [-0.1, -0.05) is 17.4 Å². The van der Waals surface area contributed by atoms with Gasteiger partial charge in [-0.25, -0.2) is 9.37 Å². The van der Waals surface area contributed by atoms with Crippen molar-refractivity contribution < 1.29 is 14.3 Å². The van der Waals surface area contributed by atoms with Gasteiger partial charge in [-0.3, -0.25) is 9.78 Å². The van der Waals surface area contributed by atoms with Crippen LogP contribution >= 0.6 is 11.3 Å². The molecule has 1 amide bonds. The van der Waals surface area contributed by atoms with E-state index in [0.717, 1.165) is 26.9 Å². The standard InChI is InChI=1S/C19H18FN3O2S/c1-9-5-15(10(2)24)21-8-13(9)11-3-4-17-16(6-11)22-19(26-17)23-18(25)12-7-14(12)20/h3-6,8,10,12,14,24H,7H2,1-2H3,(H,22,23,25)/t10?,12-,14+/m1/s1. The van der Waals surface area contributed by atoms with Crippen molar-refractivity contribution in [1.29, 1.82) is 0 Å². The molecule has 0 bridgehead atoms. The molecule has 5 nitrogen and oxygen atoms in total. The van der Waals surface area contributed by atoms with Gasteiger partial charge in [0.2, 0.25) is 5.91 Å². The number of benzene rings is 1. The third-order valence-corrected chi connectivity index (χ3v) is 5.49. The number of aliphatic hydroxyl groups is 1. The van der Waals surface area contributed by atoms with Crippen LogP contribution in [-0.2, 0) is 4.79 Å². The number of carbonyl (C=O) groups is 1. The smallest absolute Gasteiger partial charge is 0.232 e. The van der Waals surface area contributed by atoms with E-state index in [2.05, 4.69) is 15.3 Å². The summed E-state index contributed by atoms with van der Waals surface area (Å²) in [4.78, 5) is 20.6. The molecule has 3 aromatic rings. The van der Waals surface area contributed by atoms with Crippen LogP contribution < -0.4 is 5.32 Å². The topological polar surface area (TPSA) is 75.1 Å². The number of nitrogens with zero attached hydrogens (tertiary/aromatic N) is 2. The number of aryl methyl sites for hydroxylation is 1. The van der Waals surface area contributed by atoms with Gasteiger partial charge in [0, 0.05) is 11.8 Å². The third-order valence-electron chi connectivity index (χ3n) is 4.54. The van der Waals surface area contributed by atoms with Crippen LogP contribution in [0.25, 0.3) is 21.3 Å². The van der Waals surface area contributed by atoms with Crippen LogP contribution in [-0.4, -0.2) is 27.2 Å². The normalized spacial score (nSPS) is 20.2. The van der Waals surface area contributed by atoms with Crippen LogP contribution in [0.4, 0.5) is 9.52 Å². The predicted molar refractivity (Wildman–Crippen MR) is 99.9 cm³/mol. The Morgan fingerprint density at radius 3 is 2.85 bits per heavy atom. The number of pyridine rings is 1. The summed E-state index contributed by atoms with van der Waals surface area (Å²) in [6.45, 7) is 3.66. The Morgan fingerprint density at radius 2 is 2.19 bits per heavy atom. The lowest BCUT2D eigenvalue weighted by atomic mass is 10.0. The fourth-order valence-electron chi connectivity index (χ4n) is 2.89. The van der Waals surface area contributed by atoms with E-state index >= 15 is 0 Å². The van der Waals surface area contributed by atoms with Gasteiger partial charge in [-0.15, -0.1) is 0 Å². The molecule has 0 aliphatic heterocycles. The highest BCUT2D eigenvalue weighted by Crippen LogP contribution is 2.36. The molecule has 4 rings (SSSR count). The molecule has 134 valence electrons. The monoisotopic (exact) mass is 371 g/mol. The van der Waals surface area contributed by atoms with E-state index in [1.807, 2.05) is 31.2 Å². The maximum atomic E-state index is 13.0. The number of hydrogen-bond acceptors (Lipinski definition) is 5. The largest absolute Gasteiger partial charge is 0.387 e. The first-order valence-electron chi connectivity index (χ1n) is 8.43. The van der Waals surface area contributed by atoms with Crippen molar-refractivity contribution in [2.75, 3.05) is 5.32 Å². The molecular formula is C19H18FN3O2S. The van der Waals surface area contributed by atoms with E-state index in [4.69, 9.17) is 0 Å². The number of fused-ring (bicyclic) bond motifs is 1. The number of alkyl halides is 1. The van der Waals surface area contributed by atoms with Gasteiger partial charge in [0.05, 0.1) is 27.9 Å². The number of aliphatic hydroxyl groups excluding tert-OH is 1. The van der Waals surface area contributed by atoms with Gasteiger partial charge in [-0.05, 0) is 49.6 Å². The first-order chi connectivity index (χ1) is 12.4. The summed E-state index contributed by atoms with van der Waals surface area (Å²) < 4.78 is 13.9. The molecular weight excluding hydrogens is 353 g/mol. The van der Waals surface area contributed by atoms with Gasteiger partial charge in [0.1, 0.15) is 6.17 Å². The van der Waals surface area contributed by atoms with Crippen molar-refractivity contribution in [1.82, 2.24) is 9.97 Å². The Labute approximate surface area is 153 Å². The van der Waals surface area contributed by atoms with Crippen molar-refractivity contribution in [3.63, 3.8) is 0 Å². The van der Waals surface area contributed by atoms with Crippen LogP contribution in [0.15, 0.2) is 30.5 Å². The van der Waals surface area contributed by atoms with Crippen molar-refractivity contribution in [2.45, 2.75) is 32.5 Å². The summed E-state index contributed by atoms with van der Waals surface area (Å²) in [6.07, 6.45) is 0.430. The molecule has 26 heavy (non-hydrogen) atoms. The van der Waals surface area contributed by atoms with E-state index in [-0.39, 0.29) is 5.91 Å². The highest BCUT2D eigenvalue weighted by atomic mass is 32.1. The predicted octanol–water partition coefficient (Wildman–Crippen LogP) is 4.02. The lowest BCUT2D eigenvalue weighted by Crippen LogP contribution is -2.14. The molecule has 1 unspecified atom stereocenters. The zero-order chi connectivity index (χ0) is 18.4. The number of anilines is 1. The molecule has 1 aliphatic rings. The minimum absolute atomic E-state index is 0.300. The number of thiazole rings is 1. The maximum absolute atomic E-state index is 13.0. The van der Waals surface area contributed by atoms with E-state index in [9.17, 15) is 14.3 Å². The average Bonchev–Trinajstić information content (AvgIpc) is 3.20. The second-order valence-electron chi connectivity index (χ2n) is 6.65. The second-order valence-corrected chi connectivity index (χ2v) is 7.68. The number of rotatable bonds is 4. The molecule has 2 aromatic heterocycles. The Kier molecular flexibility index (Phi) is 4.20. The van der Waals surface area contributed by atoms with Crippen LogP contribution in [0.3, 0.4) is 0 Å². The zero-order valence-corrected chi connectivity index (χ0v) is 15.2. The lowest BCUT2D eigenvalue weighted by molar-refractivity contribution is -0.117. The molecule has 3 atom stereocenters. The molecule has 7 heteroatoms. The molecule has 1 aliphatic carbocycles. The summed E-state index contributed by atoms with van der Waals surface area (Å²) in [7, 11) is 0. The second kappa shape index (κ2) is 6.41. The molecule has 2 N–H and O–H groups in total. The summed E-state index contributed by atoms with van der Waals surface area (Å²) in [6, 6.07) is 7.76. The summed E-state index contributed by atoms with van der Waals surface area (Å²) >= 11 is 1.37. The number of carbonyl (C=O) groups excluding carboxylic acids is 1. The van der Waals surface area contributed by atoms with Crippen LogP contribution in [0.5, 0.6) is 0 Å². The number of amides is 1. The van der Waals surface area contributed by atoms with E-state index in [1.54, 1.807) is 13.1 Å². The Morgan fingerprint density at radius 1 is 1.42 bits per heavy atom. The summed E-state index contributed by atoms with van der Waals surface area (Å²) in [5, 5.41) is 12.8. The van der Waals surface area contributed by atoms with E-state index in [0.29, 0.717) is 17.2 Å². The van der Waals surface area contributed by atoms with Crippen molar-refractivity contribution in [2.24, 2.45) is 5.92 Å². The van der Waals surface area contributed by atoms with Gasteiger partial charge in [0.25, 0.3) is 0 Å². The molecule has 0 saturated heterocycles. The fourth-order valence-corrected chi connectivity index (χ4v) is 3.74. The van der Waals surface area contributed by atoms with Crippen molar-refractivity contribution in [3.05, 3.63) is 41.7 Å². The Hall–Kier alpha value is -2.38. The molecule has 2 heterocycles. The number of halogens is 1. The zero-order valence-electron chi connectivity index (χ0n) is 14.4. The van der Waals surface area contributed by atoms with E-state index < -0.39 is 18.2 Å². The molecule has 1 aromatic carbocycles. The first-order valence-corrected chi connectivity index (χ1v) is 9.24. The van der Waals surface area contributed by atoms with Crippen LogP contribution in [0.2, 0.25) is 0 Å². The SMILES string of the molecule is Cc1cc(C(C)O)ncc1-c1ccc2sc(NC(=O)[C@@H]3C[C@@H]3F)nc2c1. The minimum atomic E-state index is -1.02. The summed E-state index contributed by atoms with van der Waals surface area (Å²) in [5.74, 6) is -0.829. The van der Waals surface area contributed by atoms with Crippen LogP contribution in [0.1, 0.15) is 30.7 Å². The van der Waals surface area contributed by atoms with E-state index in [1.165, 1.54) is 11.3 Å². The number of aromatic nitrogens is 2. The fraction of sp³-hybridized carbons (Fsp3) is 0.316. The minimum Gasteiger partial charge on any atom is -0.387 e. The first kappa shape index (κ1) is 17.1. The van der Waals surface area contributed by atoms with Gasteiger partial charge in [0.15, 0.2) is 5.13 Å². The third kappa shape index (κ3) is 3.20. The quantitative estimate of drug-likeness (QED) is 0.726. The van der Waals surface area contributed by atoms with Crippen molar-refractivity contribution >= 4 is 32.6 Å². The molecule has 0 radical (unpaired) electrons. The molecule has 0 spiro atoms. The molecule has 1 fully saturated rings. The average molecular weight is 371 g/mol. The van der Waals surface area contributed by atoms with Crippen LogP contribution in [0, 0.1) is 12.8 Å². The number of nitrogens with one attached hydrogen (secondary N) is 1. The maximum Gasteiger partial charge on any atom is 0.232 e. The Balaban J connectivity index is 1.62. The van der Waals surface area contributed by atoms with Gasteiger partial charge >= 0.3 is 0 Å². The Bertz CT molecular complexity index is 1000. The van der Waals surface area contributed by atoms with Crippen molar-refractivity contribution in [3.8, 4) is 11.1 Å². The number of hydrogen-bond donors (Lipinski definition) is 2. The highest BCUT2D eigenvalue weighted by molar-refractivity contribution is 7.22. The highest BCUT2D eigenvalue weighted by Gasteiger charge is 2.43.